The van der Waals surface area contributed by atoms with Gasteiger partial charge in [0.25, 0.3) is 5.91 Å². The molecule has 0 aromatic heterocycles. The Morgan fingerprint density at radius 3 is 2.70 bits per heavy atom. The van der Waals surface area contributed by atoms with E-state index >= 15 is 0 Å². The van der Waals surface area contributed by atoms with Gasteiger partial charge in [-0.2, -0.15) is 0 Å². The maximum Gasteiger partial charge on any atom is 0.251 e. The van der Waals surface area contributed by atoms with Crippen molar-refractivity contribution in [3.63, 3.8) is 0 Å². The van der Waals surface area contributed by atoms with Gasteiger partial charge in [-0.1, -0.05) is 22.0 Å². The van der Waals surface area contributed by atoms with E-state index in [1.54, 1.807) is 13.2 Å². The molecule has 0 fully saturated rings. The Labute approximate surface area is 127 Å². The first-order valence-electron chi connectivity index (χ1n) is 6.34. The molecule has 6 heteroatoms. The number of benzene rings is 1. The molecule has 0 aliphatic carbocycles. The van der Waals surface area contributed by atoms with E-state index in [2.05, 4.69) is 26.6 Å². The monoisotopic (exact) mass is 342 g/mol. The molecule has 0 unspecified atom stereocenters. The Morgan fingerprint density at radius 1 is 1.25 bits per heavy atom. The van der Waals surface area contributed by atoms with Crippen LogP contribution in [0.5, 0.6) is 0 Å². The number of ether oxygens (including phenoxy) is 1. The summed E-state index contributed by atoms with van der Waals surface area (Å²) in [6.07, 6.45) is 0.252. The van der Waals surface area contributed by atoms with Gasteiger partial charge >= 0.3 is 0 Å². The summed E-state index contributed by atoms with van der Waals surface area (Å²) in [5, 5.41) is 5.43. The Kier molecular flexibility index (Phi) is 7.25. The molecule has 20 heavy (non-hydrogen) atoms. The zero-order chi connectivity index (χ0) is 15.0. The van der Waals surface area contributed by atoms with Gasteiger partial charge in [-0.25, -0.2) is 0 Å². The van der Waals surface area contributed by atoms with E-state index in [0.29, 0.717) is 25.3 Å². The van der Waals surface area contributed by atoms with E-state index < -0.39 is 0 Å². The van der Waals surface area contributed by atoms with Crippen LogP contribution in [0.15, 0.2) is 22.7 Å². The van der Waals surface area contributed by atoms with Crippen LogP contribution in [0.3, 0.4) is 0 Å². The molecular formula is C14H19BrN2O3. The molecule has 0 saturated carbocycles. The molecule has 0 aliphatic heterocycles. The fourth-order valence-electron chi connectivity index (χ4n) is 1.60. The highest BCUT2D eigenvalue weighted by Gasteiger charge is 2.09. The highest BCUT2D eigenvalue weighted by Crippen LogP contribution is 2.15. The summed E-state index contributed by atoms with van der Waals surface area (Å²) in [4.78, 5) is 23.4. The molecule has 1 aromatic carbocycles. The maximum absolute atomic E-state index is 12.0. The Morgan fingerprint density at radius 2 is 2.00 bits per heavy atom. The highest BCUT2D eigenvalue weighted by molar-refractivity contribution is 9.10. The van der Waals surface area contributed by atoms with Gasteiger partial charge in [0.2, 0.25) is 5.91 Å². The number of aryl methyl sites for hydroxylation is 1. The molecule has 0 radical (unpaired) electrons. The molecule has 5 nitrogen and oxygen atoms in total. The van der Waals surface area contributed by atoms with Gasteiger partial charge in [0.05, 0.1) is 6.61 Å². The van der Waals surface area contributed by atoms with Gasteiger partial charge in [0.1, 0.15) is 0 Å². The first-order valence-corrected chi connectivity index (χ1v) is 7.14. The molecule has 0 bridgehead atoms. The topological polar surface area (TPSA) is 67.4 Å². The zero-order valence-electron chi connectivity index (χ0n) is 11.7. The first-order chi connectivity index (χ1) is 9.54. The molecule has 110 valence electrons. The van der Waals surface area contributed by atoms with Crippen LogP contribution < -0.4 is 10.6 Å². The third-order valence-electron chi connectivity index (χ3n) is 2.71. The van der Waals surface area contributed by atoms with E-state index in [-0.39, 0.29) is 18.2 Å². The van der Waals surface area contributed by atoms with Gasteiger partial charge in [-0.3, -0.25) is 9.59 Å². The normalized spacial score (nSPS) is 10.2. The minimum absolute atomic E-state index is 0.103. The quantitative estimate of drug-likeness (QED) is 0.740. The smallest absolute Gasteiger partial charge is 0.251 e. The number of amides is 2. The Hall–Kier alpha value is -1.40. The van der Waals surface area contributed by atoms with E-state index in [9.17, 15) is 9.59 Å². The molecule has 1 rings (SSSR count). The molecule has 1 aromatic rings. The minimum atomic E-state index is -0.173. The largest absolute Gasteiger partial charge is 0.383 e. The van der Waals surface area contributed by atoms with E-state index in [4.69, 9.17) is 4.74 Å². The minimum Gasteiger partial charge on any atom is -0.383 e. The van der Waals surface area contributed by atoms with Gasteiger partial charge in [0, 0.05) is 36.7 Å². The summed E-state index contributed by atoms with van der Waals surface area (Å²) in [5.74, 6) is -0.276. The molecule has 0 saturated heterocycles. The predicted molar refractivity (Wildman–Crippen MR) is 80.7 cm³/mol. The van der Waals surface area contributed by atoms with Crippen LogP contribution >= 0.6 is 15.9 Å². The van der Waals surface area contributed by atoms with Crippen molar-refractivity contribution < 1.29 is 14.3 Å². The van der Waals surface area contributed by atoms with Crippen LogP contribution in [0.4, 0.5) is 0 Å². The van der Waals surface area contributed by atoms with E-state index in [1.807, 2.05) is 19.1 Å². The van der Waals surface area contributed by atoms with Crippen molar-refractivity contribution in [2.75, 3.05) is 26.8 Å². The first kappa shape index (κ1) is 16.7. The average molecular weight is 343 g/mol. The fourth-order valence-corrected chi connectivity index (χ4v) is 1.97. The number of nitrogens with one attached hydrogen (secondary N) is 2. The van der Waals surface area contributed by atoms with Crippen molar-refractivity contribution in [2.45, 2.75) is 13.3 Å². The lowest BCUT2D eigenvalue weighted by atomic mass is 10.1. The maximum atomic E-state index is 12.0. The van der Waals surface area contributed by atoms with E-state index in [1.165, 1.54) is 0 Å². The second-order valence-electron chi connectivity index (χ2n) is 4.31. The lowest BCUT2D eigenvalue weighted by molar-refractivity contribution is -0.121. The van der Waals surface area contributed by atoms with Crippen molar-refractivity contribution >= 4 is 27.7 Å². The third-order valence-corrected chi connectivity index (χ3v) is 3.20. The molecule has 2 amide bonds. The SMILES string of the molecule is COCCNC(=O)CCNC(=O)c1cc(Br)ccc1C. The number of hydrogen-bond donors (Lipinski definition) is 2. The molecule has 2 N–H and O–H groups in total. The van der Waals surface area contributed by atoms with Gasteiger partial charge in [-0.15, -0.1) is 0 Å². The second-order valence-corrected chi connectivity index (χ2v) is 5.22. The van der Waals surface area contributed by atoms with Crippen LogP contribution in [-0.4, -0.2) is 38.6 Å². The van der Waals surface area contributed by atoms with Gasteiger partial charge in [0.15, 0.2) is 0 Å². The number of rotatable bonds is 7. The molecule has 0 spiro atoms. The van der Waals surface area contributed by atoms with Crippen molar-refractivity contribution in [3.8, 4) is 0 Å². The van der Waals surface area contributed by atoms with Crippen molar-refractivity contribution in [1.29, 1.82) is 0 Å². The molecular weight excluding hydrogens is 324 g/mol. The number of halogens is 1. The summed E-state index contributed by atoms with van der Waals surface area (Å²) in [6, 6.07) is 5.52. The van der Waals surface area contributed by atoms with Crippen molar-refractivity contribution in [1.82, 2.24) is 10.6 Å². The highest BCUT2D eigenvalue weighted by atomic mass is 79.9. The number of methoxy groups -OCH3 is 1. The van der Waals surface area contributed by atoms with Crippen LogP contribution in [0.1, 0.15) is 22.3 Å². The Balaban J connectivity index is 2.36. The van der Waals surface area contributed by atoms with E-state index in [0.717, 1.165) is 10.0 Å². The molecule has 0 heterocycles. The lowest BCUT2D eigenvalue weighted by Gasteiger charge is -2.08. The van der Waals surface area contributed by atoms with Crippen LogP contribution in [0.2, 0.25) is 0 Å². The lowest BCUT2D eigenvalue weighted by Crippen LogP contribution is -2.32. The molecule has 0 atom stereocenters. The summed E-state index contributed by atoms with van der Waals surface area (Å²) >= 11 is 3.34. The average Bonchev–Trinajstić information content (AvgIpc) is 2.41. The van der Waals surface area contributed by atoms with Crippen LogP contribution in [-0.2, 0) is 9.53 Å². The third kappa shape index (κ3) is 5.71. The Bertz CT molecular complexity index is 477. The summed E-state index contributed by atoms with van der Waals surface area (Å²) in [7, 11) is 1.58. The standard InChI is InChI=1S/C14H19BrN2O3/c1-10-3-4-11(15)9-12(10)14(19)17-6-5-13(18)16-7-8-20-2/h3-4,9H,5-8H2,1-2H3,(H,16,18)(H,17,19). The number of hydrogen-bond acceptors (Lipinski definition) is 3. The summed E-state index contributed by atoms with van der Waals surface area (Å²) in [5.41, 5.74) is 1.51. The summed E-state index contributed by atoms with van der Waals surface area (Å²) in [6.45, 7) is 3.14. The van der Waals surface area contributed by atoms with Gasteiger partial charge in [-0.05, 0) is 24.6 Å². The van der Waals surface area contributed by atoms with Crippen LogP contribution in [0, 0.1) is 6.92 Å². The van der Waals surface area contributed by atoms with Crippen LogP contribution in [0.25, 0.3) is 0 Å². The number of carbonyl (C=O) groups excluding carboxylic acids is 2. The molecule has 0 aliphatic rings. The van der Waals surface area contributed by atoms with Crippen molar-refractivity contribution in [3.05, 3.63) is 33.8 Å². The second kappa shape index (κ2) is 8.71. The number of carbonyl (C=O) groups is 2. The zero-order valence-corrected chi connectivity index (χ0v) is 13.2. The van der Waals surface area contributed by atoms with Crippen molar-refractivity contribution in [2.24, 2.45) is 0 Å². The van der Waals surface area contributed by atoms with Gasteiger partial charge < -0.3 is 15.4 Å². The summed E-state index contributed by atoms with van der Waals surface area (Å²) < 4.78 is 5.68. The fraction of sp³-hybridized carbons (Fsp3) is 0.429. The predicted octanol–water partition coefficient (Wildman–Crippen LogP) is 1.64.